The number of carbonyl (C=O) groups is 1. The van der Waals surface area contributed by atoms with Gasteiger partial charge in [0.25, 0.3) is 5.91 Å². The number of alkyl halides is 1. The van der Waals surface area contributed by atoms with Gasteiger partial charge in [0, 0.05) is 19.3 Å². The number of nitrogens with one attached hydrogen (secondary N) is 2. The minimum atomic E-state index is -0.626. The number of aliphatic hydroxyl groups excluding tert-OH is 1. The number of para-hydroxylation sites is 1. The molecule has 88 valence electrons. The third-order valence-electron chi connectivity index (χ3n) is 2.11. The third kappa shape index (κ3) is 3.40. The van der Waals surface area contributed by atoms with Gasteiger partial charge in [0.15, 0.2) is 0 Å². The number of amides is 1. The standard InChI is InChI=1S/C11H15ClN2O2/c1-13-11(16)9-4-2-3-5-10(9)14-7-8(15)6-12/h2-5,8,14-15H,6-7H2,1H3,(H,13,16). The van der Waals surface area contributed by atoms with Crippen LogP contribution in [0.1, 0.15) is 10.4 Å². The lowest BCUT2D eigenvalue weighted by molar-refractivity contribution is 0.0963. The fraction of sp³-hybridized carbons (Fsp3) is 0.364. The van der Waals surface area contributed by atoms with Crippen LogP contribution in [0.15, 0.2) is 24.3 Å². The van der Waals surface area contributed by atoms with E-state index in [0.717, 1.165) is 0 Å². The van der Waals surface area contributed by atoms with Gasteiger partial charge < -0.3 is 15.7 Å². The van der Waals surface area contributed by atoms with Crippen LogP contribution in [0.4, 0.5) is 5.69 Å². The van der Waals surface area contributed by atoms with Crippen LogP contribution in [0.25, 0.3) is 0 Å². The average Bonchev–Trinajstić information content (AvgIpc) is 2.35. The maximum absolute atomic E-state index is 11.5. The summed E-state index contributed by atoms with van der Waals surface area (Å²) in [5.41, 5.74) is 1.23. The van der Waals surface area contributed by atoms with Crippen molar-refractivity contribution in [3.8, 4) is 0 Å². The molecule has 1 atom stereocenters. The summed E-state index contributed by atoms with van der Waals surface area (Å²) in [6, 6.07) is 7.11. The van der Waals surface area contributed by atoms with E-state index in [2.05, 4.69) is 10.6 Å². The third-order valence-corrected chi connectivity index (χ3v) is 2.46. The minimum Gasteiger partial charge on any atom is -0.390 e. The van der Waals surface area contributed by atoms with E-state index in [1.165, 1.54) is 0 Å². The van der Waals surface area contributed by atoms with Gasteiger partial charge in [-0.2, -0.15) is 0 Å². The van der Waals surface area contributed by atoms with E-state index >= 15 is 0 Å². The molecule has 0 saturated carbocycles. The molecule has 1 unspecified atom stereocenters. The number of halogens is 1. The van der Waals surface area contributed by atoms with E-state index in [9.17, 15) is 9.90 Å². The van der Waals surface area contributed by atoms with E-state index in [0.29, 0.717) is 17.8 Å². The summed E-state index contributed by atoms with van der Waals surface area (Å²) in [5, 5.41) is 14.9. The average molecular weight is 243 g/mol. The number of hydrogen-bond acceptors (Lipinski definition) is 3. The first kappa shape index (κ1) is 12.8. The Hall–Kier alpha value is -1.26. The number of rotatable bonds is 5. The first-order chi connectivity index (χ1) is 7.69. The monoisotopic (exact) mass is 242 g/mol. The highest BCUT2D eigenvalue weighted by atomic mass is 35.5. The maximum Gasteiger partial charge on any atom is 0.253 e. The molecule has 1 aromatic rings. The van der Waals surface area contributed by atoms with Gasteiger partial charge in [0.2, 0.25) is 0 Å². The van der Waals surface area contributed by atoms with E-state index in [1.807, 2.05) is 6.07 Å². The highest BCUT2D eigenvalue weighted by Gasteiger charge is 2.09. The Morgan fingerprint density at radius 3 is 2.81 bits per heavy atom. The molecule has 16 heavy (non-hydrogen) atoms. The largest absolute Gasteiger partial charge is 0.390 e. The van der Waals surface area contributed by atoms with Gasteiger partial charge in [-0.05, 0) is 12.1 Å². The van der Waals surface area contributed by atoms with Crippen LogP contribution in [0.2, 0.25) is 0 Å². The first-order valence-electron chi connectivity index (χ1n) is 4.98. The second-order valence-corrected chi connectivity index (χ2v) is 3.62. The summed E-state index contributed by atoms with van der Waals surface area (Å²) >= 11 is 5.48. The zero-order chi connectivity index (χ0) is 12.0. The Bertz CT molecular complexity index is 358. The molecule has 0 spiro atoms. The van der Waals surface area contributed by atoms with Crippen molar-refractivity contribution in [3.63, 3.8) is 0 Å². The first-order valence-corrected chi connectivity index (χ1v) is 5.51. The molecule has 0 heterocycles. The number of aliphatic hydroxyl groups is 1. The fourth-order valence-corrected chi connectivity index (χ4v) is 1.36. The van der Waals surface area contributed by atoms with Gasteiger partial charge in [0.1, 0.15) is 0 Å². The van der Waals surface area contributed by atoms with Gasteiger partial charge >= 0.3 is 0 Å². The summed E-state index contributed by atoms with van der Waals surface area (Å²) < 4.78 is 0. The molecule has 5 heteroatoms. The van der Waals surface area contributed by atoms with E-state index in [4.69, 9.17) is 11.6 Å². The van der Waals surface area contributed by atoms with Gasteiger partial charge in [-0.1, -0.05) is 12.1 Å². The van der Waals surface area contributed by atoms with E-state index in [1.54, 1.807) is 25.2 Å². The van der Waals surface area contributed by atoms with E-state index in [-0.39, 0.29) is 11.8 Å². The van der Waals surface area contributed by atoms with E-state index < -0.39 is 6.10 Å². The second-order valence-electron chi connectivity index (χ2n) is 3.31. The van der Waals surface area contributed by atoms with Gasteiger partial charge in [0.05, 0.1) is 17.5 Å². The molecular formula is C11H15ClN2O2. The predicted molar refractivity (Wildman–Crippen MR) is 65.0 cm³/mol. The summed E-state index contributed by atoms with van der Waals surface area (Å²) in [5.74, 6) is -0.00161. The van der Waals surface area contributed by atoms with Crippen LogP contribution in [0, 0.1) is 0 Å². The Morgan fingerprint density at radius 1 is 1.50 bits per heavy atom. The molecular weight excluding hydrogens is 228 g/mol. The summed E-state index contributed by atoms with van der Waals surface area (Å²) in [6.45, 7) is 0.317. The molecule has 0 fully saturated rings. The Morgan fingerprint density at radius 2 is 2.19 bits per heavy atom. The van der Waals surface area contributed by atoms with Crippen LogP contribution in [-0.4, -0.2) is 36.6 Å². The predicted octanol–water partition coefficient (Wildman–Crippen LogP) is 1.06. The van der Waals surface area contributed by atoms with Crippen molar-refractivity contribution in [2.75, 3.05) is 24.8 Å². The minimum absolute atomic E-state index is 0.162. The molecule has 0 aliphatic rings. The highest BCUT2D eigenvalue weighted by molar-refractivity contribution is 6.18. The molecule has 0 radical (unpaired) electrons. The smallest absolute Gasteiger partial charge is 0.253 e. The zero-order valence-corrected chi connectivity index (χ0v) is 9.79. The summed E-state index contributed by atoms with van der Waals surface area (Å²) in [6.07, 6.45) is -0.626. The van der Waals surface area contributed by atoms with Crippen LogP contribution < -0.4 is 10.6 Å². The van der Waals surface area contributed by atoms with Gasteiger partial charge in [-0.15, -0.1) is 11.6 Å². The fourth-order valence-electron chi connectivity index (χ4n) is 1.25. The molecule has 1 aromatic carbocycles. The molecule has 3 N–H and O–H groups in total. The lowest BCUT2D eigenvalue weighted by Crippen LogP contribution is -2.24. The van der Waals surface area contributed by atoms with Crippen molar-refractivity contribution in [1.82, 2.24) is 5.32 Å². The summed E-state index contributed by atoms with van der Waals surface area (Å²) in [4.78, 5) is 11.5. The highest BCUT2D eigenvalue weighted by Crippen LogP contribution is 2.14. The van der Waals surface area contributed by atoms with Crippen molar-refractivity contribution in [3.05, 3.63) is 29.8 Å². The quantitative estimate of drug-likeness (QED) is 0.677. The van der Waals surface area contributed by atoms with Crippen molar-refractivity contribution in [2.24, 2.45) is 0 Å². The molecule has 1 amide bonds. The van der Waals surface area contributed by atoms with Crippen molar-refractivity contribution in [2.45, 2.75) is 6.10 Å². The van der Waals surface area contributed by atoms with Crippen molar-refractivity contribution >= 4 is 23.2 Å². The molecule has 0 saturated heterocycles. The topological polar surface area (TPSA) is 61.4 Å². The Kier molecular flexibility index (Phi) is 5.08. The van der Waals surface area contributed by atoms with Crippen LogP contribution in [-0.2, 0) is 0 Å². The Labute approximate surface area is 99.6 Å². The molecule has 4 nitrogen and oxygen atoms in total. The lowest BCUT2D eigenvalue weighted by atomic mass is 10.1. The molecule has 0 bridgehead atoms. The van der Waals surface area contributed by atoms with Gasteiger partial charge in [-0.3, -0.25) is 4.79 Å². The molecule has 0 aliphatic carbocycles. The normalized spacial score (nSPS) is 11.9. The molecule has 0 aliphatic heterocycles. The molecule has 0 aromatic heterocycles. The lowest BCUT2D eigenvalue weighted by Gasteiger charge is -2.13. The number of anilines is 1. The van der Waals surface area contributed by atoms with Crippen molar-refractivity contribution < 1.29 is 9.90 Å². The summed E-state index contributed by atoms with van der Waals surface area (Å²) in [7, 11) is 1.58. The number of carbonyl (C=O) groups excluding carboxylic acids is 1. The van der Waals surface area contributed by atoms with Crippen LogP contribution >= 0.6 is 11.6 Å². The SMILES string of the molecule is CNC(=O)c1ccccc1NCC(O)CCl. The maximum atomic E-state index is 11.5. The van der Waals surface area contributed by atoms with Crippen molar-refractivity contribution in [1.29, 1.82) is 0 Å². The van der Waals surface area contributed by atoms with Gasteiger partial charge in [-0.25, -0.2) is 0 Å². The zero-order valence-electron chi connectivity index (χ0n) is 9.03. The molecule has 1 rings (SSSR count). The number of hydrogen-bond donors (Lipinski definition) is 3. The van der Waals surface area contributed by atoms with Crippen LogP contribution in [0.5, 0.6) is 0 Å². The van der Waals surface area contributed by atoms with Crippen LogP contribution in [0.3, 0.4) is 0 Å². The second kappa shape index (κ2) is 6.35. The number of benzene rings is 1. The Balaban J connectivity index is 2.75.